The second-order valence-corrected chi connectivity index (χ2v) is 12.5. The molecule has 3 fully saturated rings. The van der Waals surface area contributed by atoms with Crippen molar-refractivity contribution >= 4 is 46.2 Å². The predicted molar refractivity (Wildman–Crippen MR) is 160 cm³/mol. The van der Waals surface area contributed by atoms with E-state index in [9.17, 15) is 24.5 Å². The molecule has 2 aliphatic heterocycles. The highest BCUT2D eigenvalue weighted by atomic mass is 35.5. The van der Waals surface area contributed by atoms with Gasteiger partial charge < -0.3 is 15.1 Å². The lowest BCUT2D eigenvalue weighted by Gasteiger charge is -2.39. The Labute approximate surface area is 252 Å². The first-order chi connectivity index (χ1) is 20.3. The number of ketones is 1. The van der Waals surface area contributed by atoms with Crippen LogP contribution < -0.4 is 5.32 Å². The van der Waals surface area contributed by atoms with Gasteiger partial charge in [0.1, 0.15) is 6.04 Å². The maximum absolute atomic E-state index is 14.6. The molecule has 0 spiro atoms. The van der Waals surface area contributed by atoms with Crippen LogP contribution in [0.1, 0.15) is 52.0 Å². The van der Waals surface area contributed by atoms with Crippen molar-refractivity contribution in [3.05, 3.63) is 97.2 Å². The van der Waals surface area contributed by atoms with Crippen molar-refractivity contribution in [1.82, 2.24) is 15.1 Å². The molecule has 6 rings (SSSR count). The molecule has 0 bridgehead atoms. The third-order valence-corrected chi connectivity index (χ3v) is 9.97. The number of nitrogens with zero attached hydrogens (tertiary/aromatic N) is 3. The van der Waals surface area contributed by atoms with E-state index in [-0.39, 0.29) is 29.2 Å². The Balaban J connectivity index is 1.58. The van der Waals surface area contributed by atoms with Gasteiger partial charge in [-0.1, -0.05) is 48.4 Å². The van der Waals surface area contributed by atoms with Gasteiger partial charge in [-0.05, 0) is 42.0 Å². The van der Waals surface area contributed by atoms with E-state index in [0.29, 0.717) is 55.2 Å². The van der Waals surface area contributed by atoms with Gasteiger partial charge in [-0.3, -0.25) is 24.5 Å². The summed E-state index contributed by atoms with van der Waals surface area (Å²) in [6.07, 6.45) is 2.34. The average molecular weight is 607 g/mol. The van der Waals surface area contributed by atoms with Gasteiger partial charge in [0.2, 0.25) is 11.8 Å². The number of carbonyl (C=O) groups excluding carboxylic acids is 3. The highest BCUT2D eigenvalue weighted by Gasteiger charge is 2.59. The van der Waals surface area contributed by atoms with Crippen LogP contribution in [0.5, 0.6) is 0 Å². The molecule has 3 aromatic rings. The Morgan fingerprint density at radius 3 is 2.38 bits per heavy atom. The van der Waals surface area contributed by atoms with Crippen molar-refractivity contribution in [2.75, 3.05) is 26.2 Å². The van der Waals surface area contributed by atoms with Gasteiger partial charge in [-0.2, -0.15) is 0 Å². The molecule has 11 heteroatoms. The molecule has 2 saturated heterocycles. The number of rotatable bonds is 7. The van der Waals surface area contributed by atoms with E-state index < -0.39 is 28.8 Å². The molecular formula is C31H31ClN4O5S. The van der Waals surface area contributed by atoms with Crippen molar-refractivity contribution in [2.24, 2.45) is 11.8 Å². The number of carbonyl (C=O) groups is 3. The first kappa shape index (κ1) is 28.5. The molecule has 3 heterocycles. The Morgan fingerprint density at radius 2 is 1.74 bits per heavy atom. The van der Waals surface area contributed by atoms with Crippen LogP contribution in [0.4, 0.5) is 5.69 Å². The SMILES string of the molecule is O=C(c1cccc(Cl)c1)C1C(c2cccs2)C(C(=O)N2CCNCC2)N(C(=O)C2CCC2)C1c1cccc([N+](=O)[O-])c1. The fourth-order valence-electron chi connectivity index (χ4n) is 6.54. The number of halogens is 1. The van der Waals surface area contributed by atoms with Crippen LogP contribution in [0.25, 0.3) is 0 Å². The van der Waals surface area contributed by atoms with E-state index in [4.69, 9.17) is 11.6 Å². The van der Waals surface area contributed by atoms with E-state index in [1.165, 1.54) is 23.5 Å². The molecule has 218 valence electrons. The summed E-state index contributed by atoms with van der Waals surface area (Å²) in [4.78, 5) is 59.1. The van der Waals surface area contributed by atoms with Crippen LogP contribution in [0.3, 0.4) is 0 Å². The number of hydrogen-bond donors (Lipinski definition) is 1. The Kier molecular flexibility index (Phi) is 8.11. The largest absolute Gasteiger partial charge is 0.338 e. The van der Waals surface area contributed by atoms with Gasteiger partial charge in [-0.25, -0.2) is 0 Å². The Morgan fingerprint density at radius 1 is 0.976 bits per heavy atom. The number of non-ortho nitro benzene ring substituents is 1. The van der Waals surface area contributed by atoms with Crippen molar-refractivity contribution in [2.45, 2.75) is 37.3 Å². The summed E-state index contributed by atoms with van der Waals surface area (Å²) in [5.41, 5.74) is 0.701. The number of likely N-dealkylation sites (tertiary alicyclic amines) is 1. The minimum atomic E-state index is -0.938. The lowest BCUT2D eigenvalue weighted by atomic mass is 9.78. The number of hydrogen-bond acceptors (Lipinski definition) is 7. The molecule has 9 nitrogen and oxygen atoms in total. The normalized spacial score (nSPS) is 24.3. The van der Waals surface area contributed by atoms with Gasteiger partial charge in [0.05, 0.1) is 16.9 Å². The summed E-state index contributed by atoms with van der Waals surface area (Å²) in [6.45, 7) is 2.26. The molecule has 42 heavy (non-hydrogen) atoms. The summed E-state index contributed by atoms with van der Waals surface area (Å²) in [7, 11) is 0. The number of benzene rings is 2. The third kappa shape index (κ3) is 5.23. The summed E-state index contributed by atoms with van der Waals surface area (Å²) >= 11 is 7.76. The van der Waals surface area contributed by atoms with Gasteiger partial charge in [-0.15, -0.1) is 11.3 Å². The number of thiophene rings is 1. The lowest BCUT2D eigenvalue weighted by Crippen LogP contribution is -2.55. The predicted octanol–water partition coefficient (Wildman–Crippen LogP) is 5.08. The molecule has 2 amide bonds. The highest BCUT2D eigenvalue weighted by molar-refractivity contribution is 7.10. The summed E-state index contributed by atoms with van der Waals surface area (Å²) < 4.78 is 0. The first-order valence-electron chi connectivity index (χ1n) is 14.2. The number of nitro groups is 1. The monoisotopic (exact) mass is 606 g/mol. The zero-order valence-electron chi connectivity index (χ0n) is 22.9. The van der Waals surface area contributed by atoms with E-state index in [0.717, 1.165) is 11.3 Å². The van der Waals surface area contributed by atoms with E-state index in [2.05, 4.69) is 5.32 Å². The number of nitro benzene ring substituents is 1. The van der Waals surface area contributed by atoms with Crippen LogP contribution in [0.15, 0.2) is 66.0 Å². The summed E-state index contributed by atoms with van der Waals surface area (Å²) in [6, 6.07) is 14.8. The second-order valence-electron chi connectivity index (χ2n) is 11.1. The van der Waals surface area contributed by atoms with Crippen LogP contribution in [0.2, 0.25) is 5.02 Å². The molecule has 1 aromatic heterocycles. The minimum Gasteiger partial charge on any atom is -0.338 e. The fraction of sp³-hybridized carbons (Fsp3) is 0.387. The van der Waals surface area contributed by atoms with Gasteiger partial charge in [0.15, 0.2) is 5.78 Å². The van der Waals surface area contributed by atoms with Crippen LogP contribution in [-0.4, -0.2) is 64.5 Å². The highest BCUT2D eigenvalue weighted by Crippen LogP contribution is 2.54. The van der Waals surface area contributed by atoms with Crippen LogP contribution >= 0.6 is 22.9 Å². The maximum Gasteiger partial charge on any atom is 0.269 e. The van der Waals surface area contributed by atoms with Crippen LogP contribution in [0, 0.1) is 22.0 Å². The summed E-state index contributed by atoms with van der Waals surface area (Å²) in [5.74, 6) is -2.39. The zero-order chi connectivity index (χ0) is 29.4. The number of nitrogens with one attached hydrogen (secondary N) is 1. The number of Topliss-reactive ketones (excluding diaryl/α,β-unsaturated/α-hetero) is 1. The van der Waals surface area contributed by atoms with Gasteiger partial charge >= 0.3 is 0 Å². The molecule has 1 aliphatic carbocycles. The lowest BCUT2D eigenvalue weighted by molar-refractivity contribution is -0.385. The molecule has 1 N–H and O–H groups in total. The fourth-order valence-corrected chi connectivity index (χ4v) is 7.64. The summed E-state index contributed by atoms with van der Waals surface area (Å²) in [5, 5.41) is 17.4. The van der Waals surface area contributed by atoms with Gasteiger partial charge in [0.25, 0.3) is 5.69 Å². The van der Waals surface area contributed by atoms with E-state index in [1.807, 2.05) is 17.5 Å². The van der Waals surface area contributed by atoms with E-state index >= 15 is 0 Å². The molecule has 1 saturated carbocycles. The average Bonchev–Trinajstić information content (AvgIpc) is 3.62. The quantitative estimate of drug-likeness (QED) is 0.228. The molecular weight excluding hydrogens is 576 g/mol. The molecule has 4 atom stereocenters. The number of piperazine rings is 1. The maximum atomic E-state index is 14.6. The minimum absolute atomic E-state index is 0.137. The standard InChI is InChI=1S/C31H31ClN4O5S/c32-22-9-2-8-21(17-22)29(37)26-25(24-11-4-16-42-24)28(31(39)34-14-12-33-13-15-34)35(30(38)19-5-1-6-19)27(26)20-7-3-10-23(18-20)36(40)41/h2-4,7-11,16-19,25-28,33H,1,5-6,12-15H2. The topological polar surface area (TPSA) is 113 Å². The van der Waals surface area contributed by atoms with Crippen molar-refractivity contribution < 1.29 is 19.3 Å². The molecule has 3 aliphatic rings. The van der Waals surface area contributed by atoms with Crippen molar-refractivity contribution in [3.63, 3.8) is 0 Å². The molecule has 4 unspecified atom stereocenters. The number of amides is 2. The van der Waals surface area contributed by atoms with Crippen molar-refractivity contribution in [3.8, 4) is 0 Å². The van der Waals surface area contributed by atoms with Crippen molar-refractivity contribution in [1.29, 1.82) is 0 Å². The molecule has 0 radical (unpaired) electrons. The third-order valence-electron chi connectivity index (χ3n) is 8.76. The second kappa shape index (κ2) is 11.9. The first-order valence-corrected chi connectivity index (χ1v) is 15.5. The molecule has 2 aromatic carbocycles. The van der Waals surface area contributed by atoms with Gasteiger partial charge in [0, 0.05) is 65.6 Å². The van der Waals surface area contributed by atoms with E-state index in [1.54, 1.807) is 46.2 Å². The smallest absolute Gasteiger partial charge is 0.269 e. The zero-order valence-corrected chi connectivity index (χ0v) is 24.4. The Hall–Kier alpha value is -3.60. The Bertz CT molecular complexity index is 1500. The van der Waals surface area contributed by atoms with Crippen LogP contribution in [-0.2, 0) is 9.59 Å².